The van der Waals surface area contributed by atoms with Crippen LogP contribution >= 0.6 is 0 Å². The first-order chi connectivity index (χ1) is 7.76. The summed E-state index contributed by atoms with van der Waals surface area (Å²) in [7, 11) is 1.45. The second-order valence-electron chi connectivity index (χ2n) is 4.39. The van der Waals surface area contributed by atoms with Crippen LogP contribution in [0.1, 0.15) is 53.6 Å². The fourth-order valence-electron chi connectivity index (χ4n) is 2.18. The molecule has 0 unspecified atom stereocenters. The Labute approximate surface area is 96.6 Å². The predicted molar refractivity (Wildman–Crippen MR) is 63.8 cm³/mol. The molecule has 0 spiro atoms. The van der Waals surface area contributed by atoms with Gasteiger partial charge in [-0.2, -0.15) is 0 Å². The van der Waals surface area contributed by atoms with Crippen LogP contribution in [0.4, 0.5) is 0 Å². The lowest BCUT2D eigenvalue weighted by atomic mass is 9.77. The highest BCUT2D eigenvalue weighted by Gasteiger charge is 2.24. The molecule has 1 aromatic rings. The molecular formula is C14H18O2. The molecule has 0 radical (unpaired) electrons. The maximum atomic E-state index is 11.7. The fraction of sp³-hybridized carbons (Fsp3) is 0.500. The topological polar surface area (TPSA) is 26.3 Å². The number of carbonyl (C=O) groups is 1. The average Bonchev–Trinajstić information content (AvgIpc) is 2.25. The summed E-state index contributed by atoms with van der Waals surface area (Å²) in [5.41, 5.74) is 3.25. The number of rotatable bonds is 3. The van der Waals surface area contributed by atoms with Crippen LogP contribution in [0.5, 0.6) is 0 Å². The van der Waals surface area contributed by atoms with Crippen molar-refractivity contribution >= 4 is 5.97 Å². The van der Waals surface area contributed by atoms with Crippen LogP contribution in [0.3, 0.4) is 0 Å². The van der Waals surface area contributed by atoms with E-state index in [9.17, 15) is 4.79 Å². The van der Waals surface area contributed by atoms with Crippen LogP contribution in [0, 0.1) is 0 Å². The molecule has 2 rings (SSSR count). The Morgan fingerprint density at radius 2 is 2.19 bits per heavy atom. The van der Waals surface area contributed by atoms with Gasteiger partial charge in [0.05, 0.1) is 12.7 Å². The average molecular weight is 218 g/mol. The summed E-state index contributed by atoms with van der Waals surface area (Å²) in [4.78, 5) is 11.7. The lowest BCUT2D eigenvalue weighted by Crippen LogP contribution is -2.15. The smallest absolute Gasteiger partial charge is 0.338 e. The summed E-state index contributed by atoms with van der Waals surface area (Å²) in [5.74, 6) is 0.366. The molecule has 1 aromatic carbocycles. The molecule has 0 atom stereocenters. The number of carbonyl (C=O) groups excluding carboxylic acids is 1. The predicted octanol–water partition coefficient (Wildman–Crippen LogP) is 3.30. The highest BCUT2D eigenvalue weighted by atomic mass is 16.5. The van der Waals surface area contributed by atoms with Gasteiger partial charge in [0.2, 0.25) is 0 Å². The van der Waals surface area contributed by atoms with E-state index in [0.29, 0.717) is 5.92 Å². The summed E-state index contributed by atoms with van der Waals surface area (Å²) in [6, 6.07) is 6.11. The molecule has 16 heavy (non-hydrogen) atoms. The minimum atomic E-state index is -0.204. The van der Waals surface area contributed by atoms with Crippen LogP contribution in [0.25, 0.3) is 0 Å². The van der Waals surface area contributed by atoms with Gasteiger partial charge in [0.15, 0.2) is 0 Å². The number of methoxy groups -OCH3 is 1. The molecule has 0 aromatic heterocycles. The first kappa shape index (κ1) is 11.2. The van der Waals surface area contributed by atoms with Crippen molar-refractivity contribution in [2.75, 3.05) is 7.11 Å². The Morgan fingerprint density at radius 3 is 2.69 bits per heavy atom. The highest BCUT2D eigenvalue weighted by Crippen LogP contribution is 2.38. The zero-order valence-corrected chi connectivity index (χ0v) is 9.95. The van der Waals surface area contributed by atoms with Gasteiger partial charge in [-0.15, -0.1) is 0 Å². The molecule has 1 aliphatic rings. The number of benzene rings is 1. The van der Waals surface area contributed by atoms with Gasteiger partial charge in [0, 0.05) is 0 Å². The van der Waals surface area contributed by atoms with Crippen LogP contribution in [-0.2, 0) is 11.2 Å². The Balaban J connectivity index is 2.38. The van der Waals surface area contributed by atoms with E-state index in [0.717, 1.165) is 12.0 Å². The van der Waals surface area contributed by atoms with Crippen molar-refractivity contribution in [1.29, 1.82) is 0 Å². The Kier molecular flexibility index (Phi) is 3.28. The van der Waals surface area contributed by atoms with Crippen LogP contribution in [-0.4, -0.2) is 13.1 Å². The molecule has 1 saturated carbocycles. The number of aryl methyl sites for hydroxylation is 1. The molecule has 0 aliphatic heterocycles. The van der Waals surface area contributed by atoms with Gasteiger partial charge >= 0.3 is 5.97 Å². The number of hydrogen-bond acceptors (Lipinski definition) is 2. The molecule has 0 bridgehead atoms. The quantitative estimate of drug-likeness (QED) is 0.727. The monoisotopic (exact) mass is 218 g/mol. The molecule has 0 amide bonds. The molecule has 2 heteroatoms. The van der Waals surface area contributed by atoms with E-state index in [1.165, 1.54) is 37.5 Å². The minimum absolute atomic E-state index is 0.204. The Morgan fingerprint density at radius 1 is 1.44 bits per heavy atom. The van der Waals surface area contributed by atoms with Crippen LogP contribution in [0.2, 0.25) is 0 Å². The molecule has 0 saturated heterocycles. The van der Waals surface area contributed by atoms with E-state index in [2.05, 4.69) is 13.0 Å². The van der Waals surface area contributed by atoms with E-state index >= 15 is 0 Å². The van der Waals surface area contributed by atoms with Crippen molar-refractivity contribution in [3.63, 3.8) is 0 Å². The van der Waals surface area contributed by atoms with Crippen LogP contribution in [0.15, 0.2) is 18.2 Å². The minimum Gasteiger partial charge on any atom is -0.465 e. The Hall–Kier alpha value is -1.31. The van der Waals surface area contributed by atoms with E-state index < -0.39 is 0 Å². The van der Waals surface area contributed by atoms with Crippen molar-refractivity contribution in [3.8, 4) is 0 Å². The van der Waals surface area contributed by atoms with Crippen molar-refractivity contribution in [3.05, 3.63) is 34.9 Å². The SMILES string of the molecule is CCc1ccc(C(=O)OC)c(C2CCC2)c1. The summed E-state index contributed by atoms with van der Waals surface area (Å²) in [6.07, 6.45) is 4.71. The molecule has 1 fully saturated rings. The van der Waals surface area contributed by atoms with Crippen molar-refractivity contribution in [2.24, 2.45) is 0 Å². The van der Waals surface area contributed by atoms with Crippen molar-refractivity contribution in [2.45, 2.75) is 38.5 Å². The molecular weight excluding hydrogens is 200 g/mol. The third kappa shape index (κ3) is 1.97. The largest absolute Gasteiger partial charge is 0.465 e. The maximum Gasteiger partial charge on any atom is 0.338 e. The van der Waals surface area contributed by atoms with Gasteiger partial charge in [-0.1, -0.05) is 25.5 Å². The van der Waals surface area contributed by atoms with E-state index in [1.807, 2.05) is 12.1 Å². The normalized spacial score (nSPS) is 15.6. The lowest BCUT2D eigenvalue weighted by Gasteiger charge is -2.27. The first-order valence-corrected chi connectivity index (χ1v) is 5.97. The molecule has 2 nitrogen and oxygen atoms in total. The standard InChI is InChI=1S/C14H18O2/c1-3-10-7-8-12(14(15)16-2)13(9-10)11-5-4-6-11/h7-9,11H,3-6H2,1-2H3. The fourth-order valence-corrected chi connectivity index (χ4v) is 2.18. The van der Waals surface area contributed by atoms with E-state index in [-0.39, 0.29) is 5.97 Å². The molecule has 0 N–H and O–H groups in total. The highest BCUT2D eigenvalue weighted by molar-refractivity contribution is 5.91. The van der Waals surface area contributed by atoms with E-state index in [4.69, 9.17) is 4.74 Å². The zero-order chi connectivity index (χ0) is 11.5. The third-order valence-corrected chi connectivity index (χ3v) is 3.47. The van der Waals surface area contributed by atoms with Crippen molar-refractivity contribution in [1.82, 2.24) is 0 Å². The molecule has 0 heterocycles. The summed E-state index contributed by atoms with van der Waals surface area (Å²) >= 11 is 0. The summed E-state index contributed by atoms with van der Waals surface area (Å²) in [5, 5.41) is 0. The molecule has 1 aliphatic carbocycles. The van der Waals surface area contributed by atoms with Gasteiger partial charge in [0.1, 0.15) is 0 Å². The maximum absolute atomic E-state index is 11.7. The second-order valence-corrected chi connectivity index (χ2v) is 4.39. The van der Waals surface area contributed by atoms with Gasteiger partial charge in [-0.05, 0) is 42.4 Å². The first-order valence-electron chi connectivity index (χ1n) is 5.97. The lowest BCUT2D eigenvalue weighted by molar-refractivity contribution is 0.0598. The number of ether oxygens (including phenoxy) is 1. The second kappa shape index (κ2) is 4.69. The zero-order valence-electron chi connectivity index (χ0n) is 9.95. The van der Waals surface area contributed by atoms with Gasteiger partial charge in [-0.3, -0.25) is 0 Å². The van der Waals surface area contributed by atoms with Gasteiger partial charge in [-0.25, -0.2) is 4.79 Å². The third-order valence-electron chi connectivity index (χ3n) is 3.47. The Bertz CT molecular complexity index is 392. The van der Waals surface area contributed by atoms with Gasteiger partial charge < -0.3 is 4.74 Å². The van der Waals surface area contributed by atoms with Crippen molar-refractivity contribution < 1.29 is 9.53 Å². The summed E-state index contributed by atoms with van der Waals surface area (Å²) in [6.45, 7) is 2.14. The number of hydrogen-bond donors (Lipinski definition) is 0. The molecule has 86 valence electrons. The summed E-state index contributed by atoms with van der Waals surface area (Å²) < 4.78 is 4.83. The number of esters is 1. The van der Waals surface area contributed by atoms with E-state index in [1.54, 1.807) is 0 Å². The van der Waals surface area contributed by atoms with Gasteiger partial charge in [0.25, 0.3) is 0 Å². The van der Waals surface area contributed by atoms with Crippen LogP contribution < -0.4 is 0 Å².